The van der Waals surface area contributed by atoms with Gasteiger partial charge in [-0.25, -0.2) is 9.78 Å². The van der Waals surface area contributed by atoms with Crippen molar-refractivity contribution in [3.05, 3.63) is 120 Å². The second-order valence-corrected chi connectivity index (χ2v) is 9.25. The molecule has 4 nitrogen and oxygen atoms in total. The minimum atomic E-state index is -0.914. The summed E-state index contributed by atoms with van der Waals surface area (Å²) in [7, 11) is 0. The fourth-order valence-corrected chi connectivity index (χ4v) is 5.52. The standard InChI is InChI=1S/C18H16.C14H10N2O2/c1-3-7-15-13(5-1)9-11-18-16-8-4-2-6-14(16)10-12-17(15)18;17-14(18)12-6-2-3-9-10(12)4-1-5-11(9)13-7-15-8-16-13/h1,3-5,7-9,11H,2,6,10,12H2;1-8H,(H,15,16)(H,17,18). The van der Waals surface area contributed by atoms with E-state index in [9.17, 15) is 9.90 Å². The Labute approximate surface area is 209 Å². The molecule has 2 aliphatic rings. The van der Waals surface area contributed by atoms with E-state index >= 15 is 0 Å². The quantitative estimate of drug-likeness (QED) is 0.276. The number of H-pyrrole nitrogens is 1. The second kappa shape index (κ2) is 9.31. The molecule has 0 atom stereocenters. The Kier molecular flexibility index (Phi) is 5.70. The number of imidazole rings is 1. The van der Waals surface area contributed by atoms with Gasteiger partial charge in [0.15, 0.2) is 0 Å². The Balaban J connectivity index is 0.000000133. The van der Waals surface area contributed by atoms with Gasteiger partial charge in [-0.15, -0.1) is 0 Å². The summed E-state index contributed by atoms with van der Waals surface area (Å²) in [6.45, 7) is 0. The number of carbonyl (C=O) groups is 1. The van der Waals surface area contributed by atoms with E-state index in [2.05, 4.69) is 58.5 Å². The van der Waals surface area contributed by atoms with E-state index in [0.29, 0.717) is 5.56 Å². The number of nitrogens with zero attached hydrogens (tertiary/aromatic N) is 1. The van der Waals surface area contributed by atoms with Crippen molar-refractivity contribution >= 4 is 33.1 Å². The lowest BCUT2D eigenvalue weighted by molar-refractivity contribution is 0.0699. The zero-order valence-electron chi connectivity index (χ0n) is 19.9. The van der Waals surface area contributed by atoms with Gasteiger partial charge in [0.2, 0.25) is 0 Å². The number of fused-ring (bicyclic) bond motifs is 5. The predicted molar refractivity (Wildman–Crippen MR) is 146 cm³/mol. The van der Waals surface area contributed by atoms with E-state index in [1.165, 1.54) is 47.6 Å². The number of hydrogen-bond acceptors (Lipinski definition) is 2. The van der Waals surface area contributed by atoms with Crippen molar-refractivity contribution in [2.24, 2.45) is 0 Å². The molecule has 4 aromatic carbocycles. The molecule has 0 fully saturated rings. The van der Waals surface area contributed by atoms with Crippen LogP contribution >= 0.6 is 0 Å². The van der Waals surface area contributed by atoms with Gasteiger partial charge in [-0.2, -0.15) is 0 Å². The van der Waals surface area contributed by atoms with Crippen LogP contribution in [0.2, 0.25) is 0 Å². The molecule has 0 unspecified atom stereocenters. The fraction of sp³-hybridized carbons (Fsp3) is 0.125. The van der Waals surface area contributed by atoms with Crippen LogP contribution in [0.5, 0.6) is 0 Å². The van der Waals surface area contributed by atoms with Gasteiger partial charge in [0.25, 0.3) is 0 Å². The summed E-state index contributed by atoms with van der Waals surface area (Å²) in [5.74, 6) is -0.914. The Morgan fingerprint density at radius 1 is 0.806 bits per heavy atom. The molecule has 1 aromatic heterocycles. The van der Waals surface area contributed by atoms with Gasteiger partial charge in [-0.05, 0) is 70.0 Å². The maximum atomic E-state index is 11.2. The summed E-state index contributed by atoms with van der Waals surface area (Å²) in [5, 5.41) is 13.6. The molecule has 7 rings (SSSR count). The van der Waals surface area contributed by atoms with E-state index in [1.807, 2.05) is 24.3 Å². The predicted octanol–water partition coefficient (Wildman–Crippen LogP) is 7.82. The van der Waals surface area contributed by atoms with Gasteiger partial charge in [-0.1, -0.05) is 84.5 Å². The number of hydrogen-bond donors (Lipinski definition) is 2. The van der Waals surface area contributed by atoms with Gasteiger partial charge < -0.3 is 10.1 Å². The minimum Gasteiger partial charge on any atom is -0.478 e. The van der Waals surface area contributed by atoms with Crippen LogP contribution in [0.3, 0.4) is 0 Å². The number of aromatic amines is 1. The molecule has 0 radical (unpaired) electrons. The Morgan fingerprint density at radius 3 is 2.50 bits per heavy atom. The summed E-state index contributed by atoms with van der Waals surface area (Å²) in [6, 6.07) is 24.3. The number of carboxylic acid groups (broad SMARTS) is 1. The number of carboxylic acids is 1. The Bertz CT molecular complexity index is 1660. The number of aromatic nitrogens is 2. The SMILES string of the molecule is C1=CC2=C(CC1)CCc1c2ccc2ccccc12.O=C(O)c1cccc2c(-c3cnc[nH]3)cccc12. The molecule has 176 valence electrons. The maximum Gasteiger partial charge on any atom is 0.336 e. The van der Waals surface area contributed by atoms with Crippen molar-refractivity contribution in [1.82, 2.24) is 9.97 Å². The largest absolute Gasteiger partial charge is 0.478 e. The monoisotopic (exact) mass is 470 g/mol. The van der Waals surface area contributed by atoms with Crippen LogP contribution < -0.4 is 0 Å². The molecule has 0 bridgehead atoms. The van der Waals surface area contributed by atoms with E-state index in [1.54, 1.807) is 35.8 Å². The van der Waals surface area contributed by atoms with Crippen LogP contribution in [0.4, 0.5) is 0 Å². The van der Waals surface area contributed by atoms with Gasteiger partial charge >= 0.3 is 5.97 Å². The van der Waals surface area contributed by atoms with Gasteiger partial charge in [-0.3, -0.25) is 0 Å². The van der Waals surface area contributed by atoms with Crippen molar-refractivity contribution in [2.45, 2.75) is 25.7 Å². The van der Waals surface area contributed by atoms with E-state index in [4.69, 9.17) is 0 Å². The first-order valence-electron chi connectivity index (χ1n) is 12.3. The normalized spacial score (nSPS) is 14.2. The third-order valence-corrected chi connectivity index (χ3v) is 7.23. The molecule has 0 amide bonds. The molecular weight excluding hydrogens is 444 g/mol. The number of aromatic carboxylic acids is 1. The van der Waals surface area contributed by atoms with Crippen LogP contribution in [-0.4, -0.2) is 21.0 Å². The van der Waals surface area contributed by atoms with Crippen LogP contribution in [0.25, 0.3) is 38.4 Å². The van der Waals surface area contributed by atoms with Crippen LogP contribution in [-0.2, 0) is 6.42 Å². The fourth-order valence-electron chi connectivity index (χ4n) is 5.52. The number of nitrogens with one attached hydrogen (secondary N) is 1. The lowest BCUT2D eigenvalue weighted by Crippen LogP contribution is -2.06. The van der Waals surface area contributed by atoms with E-state index in [0.717, 1.165) is 22.0 Å². The summed E-state index contributed by atoms with van der Waals surface area (Å²) < 4.78 is 0. The first kappa shape index (κ1) is 22.1. The first-order valence-corrected chi connectivity index (χ1v) is 12.3. The molecule has 0 aliphatic heterocycles. The molecule has 0 saturated heterocycles. The van der Waals surface area contributed by atoms with Gasteiger partial charge in [0.05, 0.1) is 23.8 Å². The van der Waals surface area contributed by atoms with Crippen LogP contribution in [0.1, 0.15) is 40.7 Å². The van der Waals surface area contributed by atoms with Crippen molar-refractivity contribution in [3.8, 4) is 11.3 Å². The highest BCUT2D eigenvalue weighted by atomic mass is 16.4. The molecule has 2 aliphatic carbocycles. The zero-order valence-corrected chi connectivity index (χ0v) is 19.9. The highest BCUT2D eigenvalue weighted by Crippen LogP contribution is 2.39. The Hall–Kier alpha value is -4.44. The molecule has 1 heterocycles. The van der Waals surface area contributed by atoms with Crippen LogP contribution in [0, 0.1) is 0 Å². The molecule has 4 heteroatoms. The lowest BCUT2D eigenvalue weighted by atomic mass is 9.80. The van der Waals surface area contributed by atoms with E-state index < -0.39 is 5.97 Å². The summed E-state index contributed by atoms with van der Waals surface area (Å²) >= 11 is 0. The summed E-state index contributed by atoms with van der Waals surface area (Å²) in [6.07, 6.45) is 12.9. The molecular formula is C32H26N2O2. The highest BCUT2D eigenvalue weighted by Gasteiger charge is 2.20. The van der Waals surface area contributed by atoms with E-state index in [-0.39, 0.29) is 0 Å². The van der Waals surface area contributed by atoms with Crippen molar-refractivity contribution in [1.29, 1.82) is 0 Å². The Morgan fingerprint density at radius 2 is 1.64 bits per heavy atom. The van der Waals surface area contributed by atoms with Crippen molar-refractivity contribution in [2.75, 3.05) is 0 Å². The topological polar surface area (TPSA) is 66.0 Å². The zero-order chi connectivity index (χ0) is 24.5. The van der Waals surface area contributed by atoms with Crippen LogP contribution in [0.15, 0.2) is 103 Å². The van der Waals surface area contributed by atoms with Crippen molar-refractivity contribution in [3.63, 3.8) is 0 Å². The lowest BCUT2D eigenvalue weighted by Gasteiger charge is -2.25. The average Bonchev–Trinajstić information content (AvgIpc) is 3.47. The smallest absolute Gasteiger partial charge is 0.336 e. The number of aryl methyl sites for hydroxylation is 1. The summed E-state index contributed by atoms with van der Waals surface area (Å²) in [4.78, 5) is 18.2. The molecule has 36 heavy (non-hydrogen) atoms. The molecule has 0 spiro atoms. The molecule has 5 aromatic rings. The molecule has 0 saturated carbocycles. The third-order valence-electron chi connectivity index (χ3n) is 7.23. The number of allylic oxidation sites excluding steroid dienone is 4. The first-order chi connectivity index (χ1) is 17.7. The average molecular weight is 471 g/mol. The van der Waals surface area contributed by atoms with Crippen molar-refractivity contribution < 1.29 is 9.90 Å². The molecule has 2 N–H and O–H groups in total. The van der Waals surface area contributed by atoms with Gasteiger partial charge in [0, 0.05) is 5.56 Å². The summed E-state index contributed by atoms with van der Waals surface area (Å²) in [5.41, 5.74) is 8.35. The second-order valence-electron chi connectivity index (χ2n) is 9.25. The number of benzene rings is 4. The minimum absolute atomic E-state index is 0.314. The highest BCUT2D eigenvalue weighted by molar-refractivity contribution is 6.07. The van der Waals surface area contributed by atoms with Gasteiger partial charge in [0.1, 0.15) is 0 Å². The number of rotatable bonds is 2. The maximum absolute atomic E-state index is 11.2. The third kappa shape index (κ3) is 3.91.